The number of hydrogen-bond donors (Lipinski definition) is 1. The number of nitrogens with one attached hydrogen (secondary N) is 1. The predicted octanol–water partition coefficient (Wildman–Crippen LogP) is 0.651. The van der Waals surface area contributed by atoms with E-state index < -0.39 is 11.8 Å². The fraction of sp³-hybridized carbons (Fsp3) is 0.800. The molecule has 0 bridgehead atoms. The van der Waals surface area contributed by atoms with Gasteiger partial charge >= 0.3 is 5.97 Å². The van der Waals surface area contributed by atoms with Crippen molar-refractivity contribution < 1.29 is 14.3 Å². The first-order chi connectivity index (χ1) is 6.74. The summed E-state index contributed by atoms with van der Waals surface area (Å²) >= 11 is 0. The Balaban J connectivity index is 2.34. The van der Waals surface area contributed by atoms with Gasteiger partial charge in [0.05, 0.1) is 7.11 Å². The van der Waals surface area contributed by atoms with Crippen molar-refractivity contribution in [2.24, 2.45) is 0 Å². The molecule has 1 heterocycles. The van der Waals surface area contributed by atoms with Crippen molar-refractivity contribution in [3.05, 3.63) is 0 Å². The summed E-state index contributed by atoms with van der Waals surface area (Å²) in [6.07, 6.45) is 4.74. The second kappa shape index (κ2) is 5.75. The zero-order chi connectivity index (χ0) is 10.4. The van der Waals surface area contributed by atoms with E-state index in [4.69, 9.17) is 0 Å². The van der Waals surface area contributed by atoms with Crippen LogP contribution < -0.4 is 5.32 Å². The van der Waals surface area contributed by atoms with Crippen LogP contribution in [0.5, 0.6) is 0 Å². The van der Waals surface area contributed by atoms with Crippen molar-refractivity contribution in [1.82, 2.24) is 5.32 Å². The molecule has 1 unspecified atom stereocenters. The van der Waals surface area contributed by atoms with Gasteiger partial charge in [-0.05, 0) is 19.4 Å². The molecule has 0 amide bonds. The summed E-state index contributed by atoms with van der Waals surface area (Å²) in [6, 6.07) is 0.157. The van der Waals surface area contributed by atoms with Gasteiger partial charge in [-0.25, -0.2) is 4.79 Å². The molecule has 1 N–H and O–H groups in total. The fourth-order valence-corrected chi connectivity index (χ4v) is 1.70. The molecule has 1 rings (SSSR count). The van der Waals surface area contributed by atoms with Gasteiger partial charge in [0.25, 0.3) is 0 Å². The van der Waals surface area contributed by atoms with Crippen LogP contribution in [0.25, 0.3) is 0 Å². The largest absolute Gasteiger partial charge is 0.463 e. The Hall–Kier alpha value is -0.900. The molecule has 4 heteroatoms. The van der Waals surface area contributed by atoms with Crippen LogP contribution in [0.3, 0.4) is 0 Å². The highest BCUT2D eigenvalue weighted by atomic mass is 16.5. The molecule has 1 fully saturated rings. The van der Waals surface area contributed by atoms with Crippen LogP contribution >= 0.6 is 0 Å². The molecule has 80 valence electrons. The van der Waals surface area contributed by atoms with Gasteiger partial charge in [-0.2, -0.15) is 0 Å². The fourth-order valence-electron chi connectivity index (χ4n) is 1.70. The third-order valence-corrected chi connectivity index (χ3v) is 2.51. The Morgan fingerprint density at radius 1 is 1.36 bits per heavy atom. The summed E-state index contributed by atoms with van der Waals surface area (Å²) in [5, 5.41) is 3.26. The zero-order valence-electron chi connectivity index (χ0n) is 8.54. The lowest BCUT2D eigenvalue weighted by Gasteiger charge is -2.13. The van der Waals surface area contributed by atoms with Gasteiger partial charge < -0.3 is 10.1 Å². The summed E-state index contributed by atoms with van der Waals surface area (Å²) in [4.78, 5) is 22.1. The average Bonchev–Trinajstić information content (AvgIpc) is 2.45. The van der Waals surface area contributed by atoms with E-state index in [1.807, 2.05) is 0 Å². The Morgan fingerprint density at radius 2 is 2.14 bits per heavy atom. The lowest BCUT2D eigenvalue weighted by molar-refractivity contribution is -0.151. The molecule has 0 aromatic carbocycles. The van der Waals surface area contributed by atoms with Crippen LogP contribution in [0.1, 0.15) is 32.1 Å². The molecule has 0 aromatic rings. The first-order valence-electron chi connectivity index (χ1n) is 5.08. The molecule has 1 aliphatic rings. The highest BCUT2D eigenvalue weighted by Gasteiger charge is 2.20. The van der Waals surface area contributed by atoms with Crippen molar-refractivity contribution in [3.8, 4) is 0 Å². The Bertz CT molecular complexity index is 207. The Labute approximate surface area is 84.0 Å². The number of methoxy groups -OCH3 is 1. The van der Waals surface area contributed by atoms with Gasteiger partial charge in [0, 0.05) is 12.5 Å². The zero-order valence-corrected chi connectivity index (χ0v) is 8.54. The average molecular weight is 199 g/mol. The highest BCUT2D eigenvalue weighted by molar-refractivity contribution is 6.33. The van der Waals surface area contributed by atoms with Crippen molar-refractivity contribution in [1.29, 1.82) is 0 Å². The smallest absolute Gasteiger partial charge is 0.374 e. The van der Waals surface area contributed by atoms with Crippen LogP contribution in [-0.4, -0.2) is 31.4 Å². The minimum absolute atomic E-state index is 0.157. The summed E-state index contributed by atoms with van der Waals surface area (Å²) in [5.74, 6) is -1.15. The molecule has 1 saturated heterocycles. The van der Waals surface area contributed by atoms with E-state index in [9.17, 15) is 9.59 Å². The van der Waals surface area contributed by atoms with E-state index >= 15 is 0 Å². The summed E-state index contributed by atoms with van der Waals surface area (Å²) in [5.41, 5.74) is 0. The third kappa shape index (κ3) is 3.46. The van der Waals surface area contributed by atoms with Crippen molar-refractivity contribution in [2.75, 3.05) is 13.7 Å². The minimum atomic E-state index is -0.726. The molecule has 1 aliphatic heterocycles. The number of carbonyl (C=O) groups is 2. The van der Waals surface area contributed by atoms with E-state index in [0.717, 1.165) is 25.8 Å². The van der Waals surface area contributed by atoms with Crippen molar-refractivity contribution in [2.45, 2.75) is 38.1 Å². The first kappa shape index (κ1) is 11.2. The number of carbonyl (C=O) groups excluding carboxylic acids is 2. The first-order valence-corrected chi connectivity index (χ1v) is 5.08. The number of rotatable bonds is 3. The van der Waals surface area contributed by atoms with Crippen LogP contribution in [0.4, 0.5) is 0 Å². The number of esters is 1. The molecule has 0 saturated carbocycles. The molecule has 0 spiro atoms. The second-order valence-electron chi connectivity index (χ2n) is 3.62. The molecule has 0 aliphatic carbocycles. The summed E-state index contributed by atoms with van der Waals surface area (Å²) in [7, 11) is 1.24. The number of Topliss-reactive ketones (excluding diaryl/α,β-unsaturated/α-hetero) is 1. The number of hydrogen-bond acceptors (Lipinski definition) is 4. The van der Waals surface area contributed by atoms with Gasteiger partial charge in [-0.1, -0.05) is 12.8 Å². The van der Waals surface area contributed by atoms with E-state index in [1.54, 1.807) is 0 Å². The Morgan fingerprint density at radius 3 is 2.86 bits per heavy atom. The van der Waals surface area contributed by atoms with Gasteiger partial charge in [-0.15, -0.1) is 0 Å². The maximum atomic E-state index is 11.2. The predicted molar refractivity (Wildman–Crippen MR) is 51.9 cm³/mol. The van der Waals surface area contributed by atoms with Crippen LogP contribution in [0, 0.1) is 0 Å². The van der Waals surface area contributed by atoms with Gasteiger partial charge in [0.15, 0.2) is 0 Å². The minimum Gasteiger partial charge on any atom is -0.463 e. The molecule has 4 nitrogen and oxygen atoms in total. The summed E-state index contributed by atoms with van der Waals surface area (Å²) < 4.78 is 4.37. The maximum absolute atomic E-state index is 11.2. The lowest BCUT2D eigenvalue weighted by atomic mass is 10.1. The van der Waals surface area contributed by atoms with Crippen LogP contribution in [-0.2, 0) is 14.3 Å². The summed E-state index contributed by atoms with van der Waals surface area (Å²) in [6.45, 7) is 0.944. The topological polar surface area (TPSA) is 55.4 Å². The second-order valence-corrected chi connectivity index (χ2v) is 3.62. The van der Waals surface area contributed by atoms with Crippen molar-refractivity contribution in [3.63, 3.8) is 0 Å². The van der Waals surface area contributed by atoms with Gasteiger partial charge in [0.1, 0.15) is 0 Å². The van der Waals surface area contributed by atoms with E-state index in [0.29, 0.717) is 0 Å². The van der Waals surface area contributed by atoms with Gasteiger partial charge in [0.2, 0.25) is 5.78 Å². The number of ketones is 1. The monoisotopic (exact) mass is 199 g/mol. The Kier molecular flexibility index (Phi) is 4.59. The lowest BCUT2D eigenvalue weighted by Crippen LogP contribution is -2.33. The molecule has 14 heavy (non-hydrogen) atoms. The standard InChI is InChI=1S/C10H17NO3/c1-14-10(13)9(12)7-8-5-3-2-4-6-11-8/h8,11H,2-7H2,1H3. The molecule has 1 atom stereocenters. The van der Waals surface area contributed by atoms with E-state index in [2.05, 4.69) is 10.1 Å². The van der Waals surface area contributed by atoms with Gasteiger partial charge in [-0.3, -0.25) is 4.79 Å². The van der Waals surface area contributed by atoms with E-state index in [1.165, 1.54) is 13.5 Å². The molecular formula is C10H17NO3. The van der Waals surface area contributed by atoms with E-state index in [-0.39, 0.29) is 12.5 Å². The number of ether oxygens (including phenoxy) is 1. The molecule has 0 aromatic heterocycles. The highest BCUT2D eigenvalue weighted by Crippen LogP contribution is 2.11. The molecular weight excluding hydrogens is 182 g/mol. The quantitative estimate of drug-likeness (QED) is 0.535. The van der Waals surface area contributed by atoms with Crippen LogP contribution in [0.15, 0.2) is 0 Å². The maximum Gasteiger partial charge on any atom is 0.374 e. The van der Waals surface area contributed by atoms with Crippen LogP contribution in [0.2, 0.25) is 0 Å². The third-order valence-electron chi connectivity index (χ3n) is 2.51. The normalized spacial score (nSPS) is 22.5. The molecule has 0 radical (unpaired) electrons. The van der Waals surface area contributed by atoms with Crippen molar-refractivity contribution >= 4 is 11.8 Å². The SMILES string of the molecule is COC(=O)C(=O)CC1CCCCCN1.